The van der Waals surface area contributed by atoms with Gasteiger partial charge in [0, 0.05) is 32.2 Å². The van der Waals surface area contributed by atoms with E-state index < -0.39 is 0 Å². The fourth-order valence-electron chi connectivity index (χ4n) is 2.92. The normalized spacial score (nSPS) is 20.5. The lowest BCUT2D eigenvalue weighted by Gasteiger charge is -2.20. The van der Waals surface area contributed by atoms with Gasteiger partial charge in [0.05, 0.1) is 15.9 Å². The number of aromatic nitrogens is 2. The van der Waals surface area contributed by atoms with Gasteiger partial charge in [0.25, 0.3) is 0 Å². The van der Waals surface area contributed by atoms with Gasteiger partial charge in [-0.05, 0) is 55.1 Å². The van der Waals surface area contributed by atoms with Gasteiger partial charge in [0.15, 0.2) is 0 Å². The quantitative estimate of drug-likeness (QED) is 0.827. The Kier molecular flexibility index (Phi) is 6.05. The molecule has 5 heteroatoms. The zero-order chi connectivity index (χ0) is 14.5. The largest absolute Gasteiger partial charge is 0.381 e. The van der Waals surface area contributed by atoms with Crippen molar-refractivity contribution in [2.45, 2.75) is 52.1 Å². The number of hydrogen-bond donors (Lipinski definition) is 1. The molecule has 0 bridgehead atoms. The molecule has 1 aromatic heterocycles. The molecule has 2 atom stereocenters. The van der Waals surface area contributed by atoms with Crippen LogP contribution in [0.3, 0.4) is 0 Å². The van der Waals surface area contributed by atoms with Crippen LogP contribution in [0.1, 0.15) is 38.1 Å². The van der Waals surface area contributed by atoms with Crippen molar-refractivity contribution in [2.24, 2.45) is 5.92 Å². The molecule has 0 amide bonds. The maximum absolute atomic E-state index is 5.49. The Morgan fingerprint density at radius 1 is 1.50 bits per heavy atom. The van der Waals surface area contributed by atoms with Crippen molar-refractivity contribution in [3.05, 3.63) is 15.9 Å². The molecule has 0 spiro atoms. The molecule has 1 N–H and O–H groups in total. The minimum absolute atomic E-state index is 0.490. The number of likely N-dealkylation sites (N-methyl/N-ethyl adjacent to an activating group) is 1. The Bertz CT molecular complexity index is 427. The SMILES string of the molecule is CCc1nn(CC)c(CC(CC2CCOC2)NC)c1Br. The Labute approximate surface area is 130 Å². The van der Waals surface area contributed by atoms with Crippen LogP contribution in [0.2, 0.25) is 0 Å². The fourth-order valence-corrected chi connectivity index (χ4v) is 3.65. The van der Waals surface area contributed by atoms with Crippen LogP contribution in [0.25, 0.3) is 0 Å². The molecule has 2 unspecified atom stereocenters. The van der Waals surface area contributed by atoms with Crippen LogP contribution in [0, 0.1) is 5.92 Å². The zero-order valence-corrected chi connectivity index (χ0v) is 14.4. The summed E-state index contributed by atoms with van der Waals surface area (Å²) in [6, 6.07) is 0.490. The van der Waals surface area contributed by atoms with E-state index in [1.165, 1.54) is 28.7 Å². The van der Waals surface area contributed by atoms with E-state index in [0.29, 0.717) is 12.0 Å². The van der Waals surface area contributed by atoms with Crippen LogP contribution in [0.5, 0.6) is 0 Å². The number of rotatable bonds is 7. The molecule has 1 saturated heterocycles. The fraction of sp³-hybridized carbons (Fsp3) is 0.800. The van der Waals surface area contributed by atoms with Gasteiger partial charge in [0.1, 0.15) is 0 Å². The van der Waals surface area contributed by atoms with Crippen LogP contribution in [0.4, 0.5) is 0 Å². The summed E-state index contributed by atoms with van der Waals surface area (Å²) in [6.07, 6.45) is 4.38. The van der Waals surface area contributed by atoms with Gasteiger partial charge in [0.2, 0.25) is 0 Å². The van der Waals surface area contributed by atoms with Gasteiger partial charge in [-0.25, -0.2) is 0 Å². The molecule has 20 heavy (non-hydrogen) atoms. The molecule has 1 aliphatic rings. The van der Waals surface area contributed by atoms with E-state index in [2.05, 4.69) is 51.9 Å². The third kappa shape index (κ3) is 3.62. The first-order valence-electron chi connectivity index (χ1n) is 7.68. The van der Waals surface area contributed by atoms with Crippen molar-refractivity contribution in [2.75, 3.05) is 20.3 Å². The average Bonchev–Trinajstić information content (AvgIpc) is 3.07. The molecule has 0 aromatic carbocycles. The highest BCUT2D eigenvalue weighted by molar-refractivity contribution is 9.10. The van der Waals surface area contributed by atoms with Crippen molar-refractivity contribution in [1.29, 1.82) is 0 Å². The molecular weight excluding hydrogens is 318 g/mol. The van der Waals surface area contributed by atoms with Gasteiger partial charge in [-0.3, -0.25) is 4.68 Å². The Hall–Kier alpha value is -0.390. The summed E-state index contributed by atoms with van der Waals surface area (Å²) in [6.45, 7) is 7.09. The monoisotopic (exact) mass is 343 g/mol. The number of ether oxygens (including phenoxy) is 1. The Morgan fingerprint density at radius 3 is 2.85 bits per heavy atom. The summed E-state index contributed by atoms with van der Waals surface area (Å²) in [4.78, 5) is 0. The van der Waals surface area contributed by atoms with Crippen LogP contribution >= 0.6 is 15.9 Å². The predicted molar refractivity (Wildman–Crippen MR) is 85.1 cm³/mol. The highest BCUT2D eigenvalue weighted by Gasteiger charge is 2.23. The second-order valence-electron chi connectivity index (χ2n) is 5.53. The van der Waals surface area contributed by atoms with Crippen molar-refractivity contribution >= 4 is 15.9 Å². The molecule has 1 aromatic rings. The summed E-state index contributed by atoms with van der Waals surface area (Å²) >= 11 is 3.74. The third-order valence-corrected chi connectivity index (χ3v) is 5.10. The van der Waals surface area contributed by atoms with Gasteiger partial charge in [-0.15, -0.1) is 0 Å². The number of nitrogens with one attached hydrogen (secondary N) is 1. The lowest BCUT2D eigenvalue weighted by atomic mass is 9.96. The molecule has 4 nitrogen and oxygen atoms in total. The second-order valence-corrected chi connectivity index (χ2v) is 6.32. The first-order valence-corrected chi connectivity index (χ1v) is 8.47. The van der Waals surface area contributed by atoms with Crippen LogP contribution in [-0.2, 0) is 24.1 Å². The molecule has 114 valence electrons. The second kappa shape index (κ2) is 7.57. The minimum Gasteiger partial charge on any atom is -0.381 e. The molecular formula is C15H26BrN3O. The van der Waals surface area contributed by atoms with Crippen LogP contribution < -0.4 is 5.32 Å². The maximum Gasteiger partial charge on any atom is 0.0766 e. The smallest absolute Gasteiger partial charge is 0.0766 e. The first kappa shape index (κ1) is 16.0. The summed E-state index contributed by atoms with van der Waals surface area (Å²) < 4.78 is 8.82. The van der Waals surface area contributed by atoms with E-state index in [1.807, 2.05) is 0 Å². The molecule has 1 aliphatic heterocycles. The summed E-state index contributed by atoms with van der Waals surface area (Å²) in [5.74, 6) is 0.704. The lowest BCUT2D eigenvalue weighted by molar-refractivity contribution is 0.181. The van der Waals surface area contributed by atoms with E-state index in [0.717, 1.165) is 32.6 Å². The average molecular weight is 344 g/mol. The highest BCUT2D eigenvalue weighted by Crippen LogP contribution is 2.26. The highest BCUT2D eigenvalue weighted by atomic mass is 79.9. The molecule has 0 radical (unpaired) electrons. The van der Waals surface area contributed by atoms with Gasteiger partial charge in [-0.2, -0.15) is 5.10 Å². The number of nitrogens with zero attached hydrogens (tertiary/aromatic N) is 2. The lowest BCUT2D eigenvalue weighted by Crippen LogP contribution is -2.31. The predicted octanol–water partition coefficient (Wildman–Crippen LogP) is 2.79. The summed E-state index contributed by atoms with van der Waals surface area (Å²) in [7, 11) is 2.06. The first-order chi connectivity index (χ1) is 9.69. The Morgan fingerprint density at radius 2 is 2.30 bits per heavy atom. The number of hydrogen-bond acceptors (Lipinski definition) is 3. The van der Waals surface area contributed by atoms with E-state index in [9.17, 15) is 0 Å². The van der Waals surface area contributed by atoms with Crippen LogP contribution in [0.15, 0.2) is 4.47 Å². The Balaban J connectivity index is 2.07. The molecule has 0 aliphatic carbocycles. The number of halogens is 1. The maximum atomic E-state index is 5.49. The number of aryl methyl sites for hydroxylation is 2. The van der Waals surface area contributed by atoms with E-state index in [4.69, 9.17) is 4.74 Å². The van der Waals surface area contributed by atoms with Crippen molar-refractivity contribution in [1.82, 2.24) is 15.1 Å². The summed E-state index contributed by atoms with van der Waals surface area (Å²) in [5.41, 5.74) is 2.49. The zero-order valence-electron chi connectivity index (χ0n) is 12.8. The van der Waals surface area contributed by atoms with E-state index in [1.54, 1.807) is 0 Å². The van der Waals surface area contributed by atoms with Crippen molar-refractivity contribution in [3.63, 3.8) is 0 Å². The third-order valence-electron chi connectivity index (χ3n) is 4.18. The summed E-state index contributed by atoms with van der Waals surface area (Å²) in [5, 5.41) is 8.15. The van der Waals surface area contributed by atoms with E-state index in [-0.39, 0.29) is 0 Å². The van der Waals surface area contributed by atoms with Crippen LogP contribution in [-0.4, -0.2) is 36.1 Å². The standard InChI is InChI=1S/C15H26BrN3O/c1-4-13-15(16)14(19(5-2)18-13)9-12(17-3)8-11-6-7-20-10-11/h11-12,17H,4-10H2,1-3H3. The van der Waals surface area contributed by atoms with Crippen molar-refractivity contribution < 1.29 is 4.74 Å². The molecule has 2 rings (SSSR count). The minimum atomic E-state index is 0.490. The topological polar surface area (TPSA) is 39.1 Å². The van der Waals surface area contributed by atoms with Gasteiger partial charge >= 0.3 is 0 Å². The van der Waals surface area contributed by atoms with Gasteiger partial charge in [-0.1, -0.05) is 6.92 Å². The van der Waals surface area contributed by atoms with Gasteiger partial charge < -0.3 is 10.1 Å². The molecule has 1 fully saturated rings. The van der Waals surface area contributed by atoms with E-state index >= 15 is 0 Å². The molecule has 0 saturated carbocycles. The van der Waals surface area contributed by atoms with Crippen molar-refractivity contribution in [3.8, 4) is 0 Å². The molecule has 2 heterocycles.